The third kappa shape index (κ3) is 2.98. The summed E-state index contributed by atoms with van der Waals surface area (Å²) in [6.07, 6.45) is 5.53. The molecular weight excluding hydrogens is 251 g/mol. The van der Waals surface area contributed by atoms with E-state index in [0.29, 0.717) is 12.0 Å². The number of nitrogens with zero attached hydrogens (tertiary/aromatic N) is 1. The minimum absolute atomic E-state index is 0.101. The molecule has 2 rings (SSSR count). The molecule has 2 N–H and O–H groups in total. The smallest absolute Gasteiger partial charge is 0.146 e. The lowest BCUT2D eigenvalue weighted by Gasteiger charge is -2.42. The van der Waals surface area contributed by atoms with Gasteiger partial charge in [0.2, 0.25) is 0 Å². The normalized spacial score (nSPS) is 18.3. The van der Waals surface area contributed by atoms with Crippen molar-refractivity contribution >= 4 is 5.69 Å². The van der Waals surface area contributed by atoms with Crippen molar-refractivity contribution in [1.29, 1.82) is 0 Å². The Morgan fingerprint density at radius 1 is 1.20 bits per heavy atom. The van der Waals surface area contributed by atoms with Crippen LogP contribution in [0.25, 0.3) is 0 Å². The maximum Gasteiger partial charge on any atom is 0.146 e. The van der Waals surface area contributed by atoms with Crippen LogP contribution in [0.4, 0.5) is 10.1 Å². The number of hydrogen-bond acceptors (Lipinski definition) is 2. The Bertz CT molecular complexity index is 431. The van der Waals surface area contributed by atoms with Crippen molar-refractivity contribution in [3.63, 3.8) is 0 Å². The molecule has 1 heterocycles. The van der Waals surface area contributed by atoms with Gasteiger partial charge in [-0.1, -0.05) is 38.8 Å². The molecule has 0 amide bonds. The van der Waals surface area contributed by atoms with Gasteiger partial charge in [0.25, 0.3) is 0 Å². The van der Waals surface area contributed by atoms with Crippen LogP contribution in [-0.4, -0.2) is 19.6 Å². The van der Waals surface area contributed by atoms with E-state index in [1.807, 2.05) is 6.07 Å². The summed E-state index contributed by atoms with van der Waals surface area (Å²) in [4.78, 5) is 2.23. The summed E-state index contributed by atoms with van der Waals surface area (Å²) >= 11 is 0. The summed E-state index contributed by atoms with van der Waals surface area (Å²) in [7, 11) is 0. The summed E-state index contributed by atoms with van der Waals surface area (Å²) in [6.45, 7) is 7.04. The van der Waals surface area contributed by atoms with Gasteiger partial charge in [0.1, 0.15) is 5.82 Å². The van der Waals surface area contributed by atoms with Crippen LogP contribution >= 0.6 is 0 Å². The Morgan fingerprint density at radius 3 is 2.40 bits per heavy atom. The fraction of sp³-hybridized carbons (Fsp3) is 0.647. The van der Waals surface area contributed by atoms with Crippen LogP contribution in [0, 0.1) is 11.2 Å². The van der Waals surface area contributed by atoms with E-state index in [1.54, 1.807) is 12.1 Å². The standard InChI is InChI=1S/C17H27FN2/c1-3-17(4-2)9-12-20(13-10-17)16-14(8-11-19)6-5-7-15(16)18/h5-7H,3-4,8-13,19H2,1-2H3. The Kier molecular flexibility index (Phi) is 5.03. The molecule has 20 heavy (non-hydrogen) atoms. The van der Waals surface area contributed by atoms with E-state index >= 15 is 0 Å². The van der Waals surface area contributed by atoms with E-state index in [2.05, 4.69) is 18.7 Å². The molecule has 1 saturated heterocycles. The van der Waals surface area contributed by atoms with Gasteiger partial charge in [0, 0.05) is 13.1 Å². The van der Waals surface area contributed by atoms with Crippen molar-refractivity contribution in [3.8, 4) is 0 Å². The minimum Gasteiger partial charge on any atom is -0.369 e. The van der Waals surface area contributed by atoms with Gasteiger partial charge < -0.3 is 10.6 Å². The number of halogens is 1. The van der Waals surface area contributed by atoms with Gasteiger partial charge in [-0.05, 0) is 42.9 Å². The van der Waals surface area contributed by atoms with Crippen LogP contribution < -0.4 is 10.6 Å². The quantitative estimate of drug-likeness (QED) is 0.889. The SMILES string of the molecule is CCC1(CC)CCN(c2c(F)cccc2CCN)CC1. The van der Waals surface area contributed by atoms with E-state index in [9.17, 15) is 4.39 Å². The Morgan fingerprint density at radius 2 is 1.85 bits per heavy atom. The molecule has 0 spiro atoms. The van der Waals surface area contributed by atoms with E-state index < -0.39 is 0 Å². The molecule has 3 heteroatoms. The van der Waals surface area contributed by atoms with Crippen molar-refractivity contribution in [2.75, 3.05) is 24.5 Å². The number of piperidine rings is 1. The first-order valence-corrected chi connectivity index (χ1v) is 7.88. The molecule has 0 saturated carbocycles. The lowest BCUT2D eigenvalue weighted by atomic mass is 9.74. The third-order valence-corrected chi connectivity index (χ3v) is 5.12. The monoisotopic (exact) mass is 278 g/mol. The van der Waals surface area contributed by atoms with Crippen LogP contribution in [-0.2, 0) is 6.42 Å². The molecule has 2 nitrogen and oxygen atoms in total. The number of rotatable bonds is 5. The molecule has 0 unspecified atom stereocenters. The first kappa shape index (κ1) is 15.3. The first-order chi connectivity index (χ1) is 9.65. The number of anilines is 1. The number of nitrogens with two attached hydrogens (primary N) is 1. The Hall–Kier alpha value is -1.09. The molecule has 1 fully saturated rings. The highest BCUT2D eigenvalue weighted by Crippen LogP contribution is 2.40. The fourth-order valence-corrected chi connectivity index (χ4v) is 3.43. The van der Waals surface area contributed by atoms with Gasteiger partial charge in [-0.15, -0.1) is 0 Å². The molecule has 0 atom stereocenters. The van der Waals surface area contributed by atoms with Gasteiger partial charge in [-0.25, -0.2) is 4.39 Å². The van der Waals surface area contributed by atoms with Crippen molar-refractivity contribution in [1.82, 2.24) is 0 Å². The van der Waals surface area contributed by atoms with Gasteiger partial charge >= 0.3 is 0 Å². The molecule has 0 radical (unpaired) electrons. The summed E-state index contributed by atoms with van der Waals surface area (Å²) in [5.74, 6) is -0.101. The first-order valence-electron chi connectivity index (χ1n) is 7.88. The van der Waals surface area contributed by atoms with Crippen LogP contribution in [0.15, 0.2) is 18.2 Å². The maximum atomic E-state index is 14.2. The van der Waals surface area contributed by atoms with Crippen LogP contribution in [0.3, 0.4) is 0 Å². The number of para-hydroxylation sites is 1. The molecule has 0 bridgehead atoms. The average molecular weight is 278 g/mol. The van der Waals surface area contributed by atoms with Crippen LogP contribution in [0.5, 0.6) is 0 Å². The second kappa shape index (κ2) is 6.57. The van der Waals surface area contributed by atoms with E-state index in [-0.39, 0.29) is 5.82 Å². The second-order valence-electron chi connectivity index (χ2n) is 5.98. The number of benzene rings is 1. The van der Waals surface area contributed by atoms with Crippen molar-refractivity contribution < 1.29 is 4.39 Å². The summed E-state index contributed by atoms with van der Waals surface area (Å²) in [6, 6.07) is 5.36. The van der Waals surface area contributed by atoms with Gasteiger partial charge in [-0.3, -0.25) is 0 Å². The zero-order valence-corrected chi connectivity index (χ0v) is 12.8. The highest BCUT2D eigenvalue weighted by atomic mass is 19.1. The molecule has 1 aliphatic heterocycles. The van der Waals surface area contributed by atoms with E-state index in [4.69, 9.17) is 5.73 Å². The zero-order valence-electron chi connectivity index (χ0n) is 12.8. The zero-order chi connectivity index (χ0) is 14.6. The molecular formula is C17H27FN2. The summed E-state index contributed by atoms with van der Waals surface area (Å²) in [5, 5.41) is 0. The van der Waals surface area contributed by atoms with Gasteiger partial charge in [-0.2, -0.15) is 0 Å². The third-order valence-electron chi connectivity index (χ3n) is 5.12. The van der Waals surface area contributed by atoms with Crippen LogP contribution in [0.1, 0.15) is 45.1 Å². The van der Waals surface area contributed by atoms with Crippen LogP contribution in [0.2, 0.25) is 0 Å². The largest absolute Gasteiger partial charge is 0.369 e. The second-order valence-corrected chi connectivity index (χ2v) is 5.98. The predicted molar refractivity (Wildman–Crippen MR) is 83.6 cm³/mol. The summed E-state index contributed by atoms with van der Waals surface area (Å²) in [5.41, 5.74) is 7.96. The molecule has 1 aliphatic rings. The highest BCUT2D eigenvalue weighted by Gasteiger charge is 2.32. The topological polar surface area (TPSA) is 29.3 Å². The maximum absolute atomic E-state index is 14.2. The Balaban J connectivity index is 2.18. The molecule has 1 aromatic rings. The predicted octanol–water partition coefficient (Wildman–Crippen LogP) is 3.73. The molecule has 0 aliphatic carbocycles. The minimum atomic E-state index is -0.101. The Labute approximate surface area is 122 Å². The lowest BCUT2D eigenvalue weighted by Crippen LogP contribution is -2.40. The van der Waals surface area contributed by atoms with E-state index in [0.717, 1.165) is 43.6 Å². The molecule has 1 aromatic carbocycles. The summed E-state index contributed by atoms with van der Waals surface area (Å²) < 4.78 is 14.2. The average Bonchev–Trinajstić information content (AvgIpc) is 2.48. The van der Waals surface area contributed by atoms with Gasteiger partial charge in [0.15, 0.2) is 0 Å². The highest BCUT2D eigenvalue weighted by molar-refractivity contribution is 5.55. The molecule has 0 aromatic heterocycles. The van der Waals surface area contributed by atoms with Crippen molar-refractivity contribution in [2.45, 2.75) is 46.0 Å². The van der Waals surface area contributed by atoms with Crippen molar-refractivity contribution in [2.24, 2.45) is 11.1 Å². The fourth-order valence-electron chi connectivity index (χ4n) is 3.43. The van der Waals surface area contributed by atoms with E-state index in [1.165, 1.54) is 12.8 Å². The molecule has 112 valence electrons. The number of hydrogen-bond donors (Lipinski definition) is 1. The van der Waals surface area contributed by atoms with Gasteiger partial charge in [0.05, 0.1) is 5.69 Å². The lowest BCUT2D eigenvalue weighted by molar-refractivity contribution is 0.199. The van der Waals surface area contributed by atoms with Crippen molar-refractivity contribution in [3.05, 3.63) is 29.6 Å².